The molecular formula is C9H12O3. The highest BCUT2D eigenvalue weighted by molar-refractivity contribution is 5.71. The van der Waals surface area contributed by atoms with E-state index in [-0.39, 0.29) is 18.2 Å². The summed E-state index contributed by atoms with van der Waals surface area (Å²) in [6.45, 7) is 2.12. The third-order valence-corrected chi connectivity index (χ3v) is 3.46. The van der Waals surface area contributed by atoms with E-state index < -0.39 is 0 Å². The molecule has 0 amide bonds. The molecule has 3 saturated heterocycles. The number of ether oxygens (including phenoxy) is 2. The van der Waals surface area contributed by atoms with E-state index in [4.69, 9.17) is 9.47 Å². The van der Waals surface area contributed by atoms with Gasteiger partial charge in [0, 0.05) is 11.8 Å². The Hall–Kier alpha value is -0.570. The standard InChI is InChI=1S/C9H12O3/c1-4-6-2-5-3-7(10)12-8(4)9(5)11-6/h4-6,8-9H,2-3H2,1H3. The zero-order chi connectivity index (χ0) is 8.29. The maximum Gasteiger partial charge on any atom is 0.306 e. The molecule has 0 aromatic rings. The molecule has 0 aromatic heterocycles. The van der Waals surface area contributed by atoms with Crippen molar-refractivity contribution in [2.45, 2.75) is 38.1 Å². The minimum absolute atomic E-state index is 0.0305. The second-order valence-corrected chi connectivity index (χ2v) is 4.15. The van der Waals surface area contributed by atoms with Crippen LogP contribution in [0.15, 0.2) is 0 Å². The van der Waals surface area contributed by atoms with Crippen LogP contribution in [0.5, 0.6) is 0 Å². The normalized spacial score (nSPS) is 55.8. The first-order valence-electron chi connectivity index (χ1n) is 4.60. The average Bonchev–Trinajstić information content (AvgIpc) is 2.53. The van der Waals surface area contributed by atoms with E-state index in [0.717, 1.165) is 6.42 Å². The summed E-state index contributed by atoms with van der Waals surface area (Å²) in [4.78, 5) is 11.1. The summed E-state index contributed by atoms with van der Waals surface area (Å²) in [5.74, 6) is 0.838. The molecule has 0 saturated carbocycles. The average molecular weight is 168 g/mol. The van der Waals surface area contributed by atoms with Gasteiger partial charge in [-0.05, 0) is 6.42 Å². The van der Waals surface area contributed by atoms with Crippen molar-refractivity contribution in [1.29, 1.82) is 0 Å². The summed E-state index contributed by atoms with van der Waals surface area (Å²) in [5, 5.41) is 0. The molecule has 0 aromatic carbocycles. The van der Waals surface area contributed by atoms with Gasteiger partial charge in [-0.3, -0.25) is 4.79 Å². The summed E-state index contributed by atoms with van der Waals surface area (Å²) in [5.41, 5.74) is 0. The van der Waals surface area contributed by atoms with E-state index in [0.29, 0.717) is 24.4 Å². The van der Waals surface area contributed by atoms with Crippen molar-refractivity contribution in [2.24, 2.45) is 11.8 Å². The Morgan fingerprint density at radius 2 is 2.25 bits per heavy atom. The molecule has 66 valence electrons. The molecule has 3 aliphatic rings. The van der Waals surface area contributed by atoms with Crippen LogP contribution in [-0.2, 0) is 14.3 Å². The van der Waals surface area contributed by atoms with E-state index in [1.54, 1.807) is 0 Å². The maximum absolute atomic E-state index is 11.1. The largest absolute Gasteiger partial charge is 0.459 e. The summed E-state index contributed by atoms with van der Waals surface area (Å²) < 4.78 is 11.0. The van der Waals surface area contributed by atoms with Gasteiger partial charge in [-0.1, -0.05) is 6.92 Å². The van der Waals surface area contributed by atoms with Crippen molar-refractivity contribution >= 4 is 5.97 Å². The summed E-state index contributed by atoms with van der Waals surface area (Å²) in [6.07, 6.45) is 2.29. The van der Waals surface area contributed by atoms with E-state index in [9.17, 15) is 4.79 Å². The Morgan fingerprint density at radius 3 is 3.00 bits per heavy atom. The first-order valence-corrected chi connectivity index (χ1v) is 4.60. The topological polar surface area (TPSA) is 35.5 Å². The number of carbonyl (C=O) groups is 1. The quantitative estimate of drug-likeness (QED) is 0.500. The van der Waals surface area contributed by atoms with Crippen LogP contribution in [0.4, 0.5) is 0 Å². The van der Waals surface area contributed by atoms with E-state index >= 15 is 0 Å². The molecule has 0 N–H and O–H groups in total. The van der Waals surface area contributed by atoms with E-state index in [1.807, 2.05) is 0 Å². The molecule has 3 fully saturated rings. The lowest BCUT2D eigenvalue weighted by atomic mass is 9.77. The Balaban J connectivity index is 1.94. The Bertz CT molecular complexity index is 238. The smallest absolute Gasteiger partial charge is 0.306 e. The molecule has 3 nitrogen and oxygen atoms in total. The van der Waals surface area contributed by atoms with Crippen molar-refractivity contribution < 1.29 is 14.3 Å². The number of hydrogen-bond donors (Lipinski definition) is 0. The van der Waals surface area contributed by atoms with Gasteiger partial charge in [-0.25, -0.2) is 0 Å². The van der Waals surface area contributed by atoms with Gasteiger partial charge in [0.2, 0.25) is 0 Å². The number of fused-ring (bicyclic) bond motifs is 1. The fraction of sp³-hybridized carbons (Fsp3) is 0.889. The molecule has 3 heteroatoms. The second kappa shape index (κ2) is 2.02. The minimum Gasteiger partial charge on any atom is -0.459 e. The lowest BCUT2D eigenvalue weighted by molar-refractivity contribution is -0.164. The molecule has 2 bridgehead atoms. The van der Waals surface area contributed by atoms with Gasteiger partial charge in [0.15, 0.2) is 0 Å². The Labute approximate surface area is 71.0 Å². The summed E-state index contributed by atoms with van der Waals surface area (Å²) in [7, 11) is 0. The number of esters is 1. The van der Waals surface area contributed by atoms with Gasteiger partial charge in [0.25, 0.3) is 0 Å². The van der Waals surface area contributed by atoms with Gasteiger partial charge >= 0.3 is 5.97 Å². The SMILES string of the molecule is CC1C2CC3CC(=O)OC1C3O2. The predicted molar refractivity (Wildman–Crippen MR) is 40.4 cm³/mol. The van der Waals surface area contributed by atoms with E-state index in [2.05, 4.69) is 6.92 Å². The fourth-order valence-electron chi connectivity index (χ4n) is 2.78. The van der Waals surface area contributed by atoms with Crippen molar-refractivity contribution in [1.82, 2.24) is 0 Å². The van der Waals surface area contributed by atoms with Crippen LogP contribution in [0.2, 0.25) is 0 Å². The molecule has 0 aliphatic carbocycles. The molecule has 5 atom stereocenters. The van der Waals surface area contributed by atoms with Crippen molar-refractivity contribution in [2.75, 3.05) is 0 Å². The summed E-state index contributed by atoms with van der Waals surface area (Å²) >= 11 is 0. The van der Waals surface area contributed by atoms with E-state index in [1.165, 1.54) is 0 Å². The molecule has 3 heterocycles. The molecule has 3 aliphatic heterocycles. The monoisotopic (exact) mass is 168 g/mol. The van der Waals surface area contributed by atoms with Crippen LogP contribution in [-0.4, -0.2) is 24.3 Å². The molecule has 0 spiro atoms. The third kappa shape index (κ3) is 0.678. The van der Waals surface area contributed by atoms with Crippen LogP contribution in [0, 0.1) is 11.8 Å². The predicted octanol–water partition coefficient (Wildman–Crippen LogP) is 0.725. The zero-order valence-corrected chi connectivity index (χ0v) is 7.03. The molecule has 0 radical (unpaired) electrons. The Kier molecular flexibility index (Phi) is 1.16. The van der Waals surface area contributed by atoms with Gasteiger partial charge in [-0.15, -0.1) is 0 Å². The highest BCUT2D eigenvalue weighted by Gasteiger charge is 2.57. The fourth-order valence-corrected chi connectivity index (χ4v) is 2.78. The van der Waals surface area contributed by atoms with Gasteiger partial charge < -0.3 is 9.47 Å². The molecular weight excluding hydrogens is 156 g/mol. The van der Waals surface area contributed by atoms with Crippen molar-refractivity contribution in [3.8, 4) is 0 Å². The number of hydrogen-bond acceptors (Lipinski definition) is 3. The number of rotatable bonds is 0. The third-order valence-electron chi connectivity index (χ3n) is 3.46. The van der Waals surface area contributed by atoms with Gasteiger partial charge in [0.05, 0.1) is 18.6 Å². The lowest BCUT2D eigenvalue weighted by Gasteiger charge is -2.34. The maximum atomic E-state index is 11.1. The van der Waals surface area contributed by atoms with Gasteiger partial charge in [0.1, 0.15) is 6.10 Å². The molecule has 3 rings (SSSR count). The van der Waals surface area contributed by atoms with Crippen LogP contribution in [0.25, 0.3) is 0 Å². The van der Waals surface area contributed by atoms with Crippen LogP contribution in [0.1, 0.15) is 19.8 Å². The zero-order valence-electron chi connectivity index (χ0n) is 7.03. The first kappa shape index (κ1) is 6.89. The lowest BCUT2D eigenvalue weighted by Crippen LogP contribution is -2.45. The molecule has 5 unspecified atom stereocenters. The van der Waals surface area contributed by atoms with Crippen molar-refractivity contribution in [3.05, 3.63) is 0 Å². The summed E-state index contributed by atoms with van der Waals surface area (Å²) in [6, 6.07) is 0. The Morgan fingerprint density at radius 1 is 1.42 bits per heavy atom. The van der Waals surface area contributed by atoms with Crippen LogP contribution in [0.3, 0.4) is 0 Å². The highest BCUT2D eigenvalue weighted by atomic mass is 16.6. The van der Waals surface area contributed by atoms with Crippen LogP contribution < -0.4 is 0 Å². The van der Waals surface area contributed by atoms with Gasteiger partial charge in [-0.2, -0.15) is 0 Å². The minimum atomic E-state index is -0.0305. The first-order chi connectivity index (χ1) is 5.75. The van der Waals surface area contributed by atoms with Crippen LogP contribution >= 0.6 is 0 Å². The van der Waals surface area contributed by atoms with Crippen molar-refractivity contribution in [3.63, 3.8) is 0 Å². The number of carbonyl (C=O) groups excluding carboxylic acids is 1. The molecule has 12 heavy (non-hydrogen) atoms. The second-order valence-electron chi connectivity index (χ2n) is 4.15. The highest BCUT2D eigenvalue weighted by Crippen LogP contribution is 2.48.